The number of nitrogens with zero attached hydrogens (tertiary/aromatic N) is 2. The Morgan fingerprint density at radius 2 is 2.00 bits per heavy atom. The second kappa shape index (κ2) is 8.23. The summed E-state index contributed by atoms with van der Waals surface area (Å²) in [6.07, 6.45) is 6.93. The molecule has 0 bridgehead atoms. The minimum atomic E-state index is 0.755. The number of nitrogens with one attached hydrogen (secondary N) is 1. The van der Waals surface area contributed by atoms with Crippen molar-refractivity contribution in [3.8, 4) is 0 Å². The summed E-state index contributed by atoms with van der Waals surface area (Å²) in [6.45, 7) is 13.7. The van der Waals surface area contributed by atoms with E-state index in [2.05, 4.69) is 29.0 Å². The molecule has 0 aromatic heterocycles. The molecule has 112 valence electrons. The third-order valence-electron chi connectivity index (χ3n) is 4.41. The smallest absolute Gasteiger partial charge is 0.0195 e. The van der Waals surface area contributed by atoms with E-state index in [0.29, 0.717) is 0 Å². The Bertz CT molecular complexity index is 230. The van der Waals surface area contributed by atoms with Crippen molar-refractivity contribution in [3.63, 3.8) is 0 Å². The Balaban J connectivity index is 1.66. The molecular formula is C16H33N3. The molecule has 2 saturated heterocycles. The normalized spacial score (nSPS) is 24.9. The van der Waals surface area contributed by atoms with Crippen LogP contribution in [0.25, 0.3) is 0 Å². The van der Waals surface area contributed by atoms with Gasteiger partial charge in [-0.25, -0.2) is 0 Å². The Morgan fingerprint density at radius 3 is 2.63 bits per heavy atom. The lowest BCUT2D eigenvalue weighted by Crippen LogP contribution is -2.40. The number of likely N-dealkylation sites (tertiary alicyclic amines) is 1. The monoisotopic (exact) mass is 267 g/mol. The van der Waals surface area contributed by atoms with Crippen LogP contribution in [0.15, 0.2) is 0 Å². The number of hydrogen-bond donors (Lipinski definition) is 1. The molecule has 2 rings (SSSR count). The second-order valence-electron chi connectivity index (χ2n) is 6.85. The molecule has 0 aromatic carbocycles. The van der Waals surface area contributed by atoms with Gasteiger partial charge in [0.1, 0.15) is 0 Å². The van der Waals surface area contributed by atoms with Crippen molar-refractivity contribution in [2.24, 2.45) is 5.92 Å². The van der Waals surface area contributed by atoms with Crippen molar-refractivity contribution >= 4 is 0 Å². The minimum Gasteiger partial charge on any atom is -0.313 e. The van der Waals surface area contributed by atoms with Gasteiger partial charge in [0.05, 0.1) is 0 Å². The lowest BCUT2D eigenvalue weighted by atomic mass is 10.1. The summed E-state index contributed by atoms with van der Waals surface area (Å²) in [5.74, 6) is 0.785. The van der Waals surface area contributed by atoms with E-state index in [4.69, 9.17) is 0 Å². The van der Waals surface area contributed by atoms with Gasteiger partial charge in [-0.05, 0) is 70.7 Å². The molecule has 0 radical (unpaired) electrons. The average molecular weight is 267 g/mol. The molecule has 1 unspecified atom stereocenters. The third-order valence-corrected chi connectivity index (χ3v) is 4.41. The summed E-state index contributed by atoms with van der Waals surface area (Å²) in [5.41, 5.74) is 0. The predicted octanol–water partition coefficient (Wildman–Crippen LogP) is 2.18. The van der Waals surface area contributed by atoms with Crippen LogP contribution in [0.4, 0.5) is 0 Å². The summed E-state index contributed by atoms with van der Waals surface area (Å²) >= 11 is 0. The molecular weight excluding hydrogens is 234 g/mol. The van der Waals surface area contributed by atoms with Gasteiger partial charge in [-0.15, -0.1) is 0 Å². The standard InChI is InChI=1S/C16H33N3/c1-15(2)13-19(14-16-7-5-8-17-16)12-6-11-18-9-3-4-10-18/h15-17H,3-14H2,1-2H3. The fourth-order valence-corrected chi connectivity index (χ4v) is 3.52. The highest BCUT2D eigenvalue weighted by atomic mass is 15.2. The van der Waals surface area contributed by atoms with E-state index in [1.54, 1.807) is 0 Å². The third kappa shape index (κ3) is 5.80. The summed E-state index contributed by atoms with van der Waals surface area (Å²) in [4.78, 5) is 5.34. The highest BCUT2D eigenvalue weighted by Crippen LogP contribution is 2.11. The van der Waals surface area contributed by atoms with E-state index in [1.807, 2.05) is 0 Å². The van der Waals surface area contributed by atoms with E-state index in [0.717, 1.165) is 12.0 Å². The van der Waals surface area contributed by atoms with E-state index in [-0.39, 0.29) is 0 Å². The van der Waals surface area contributed by atoms with Gasteiger partial charge in [0.2, 0.25) is 0 Å². The first-order chi connectivity index (χ1) is 9.24. The van der Waals surface area contributed by atoms with Crippen LogP contribution in [0.1, 0.15) is 46.0 Å². The van der Waals surface area contributed by atoms with Crippen LogP contribution in [-0.4, -0.2) is 61.7 Å². The van der Waals surface area contributed by atoms with Gasteiger partial charge in [-0.3, -0.25) is 0 Å². The van der Waals surface area contributed by atoms with Gasteiger partial charge in [0.15, 0.2) is 0 Å². The SMILES string of the molecule is CC(C)CN(CCCN1CCCC1)CC1CCCN1. The van der Waals surface area contributed by atoms with Crippen LogP contribution in [-0.2, 0) is 0 Å². The fraction of sp³-hybridized carbons (Fsp3) is 1.00. The summed E-state index contributed by atoms with van der Waals surface area (Å²) in [5, 5.41) is 3.64. The maximum atomic E-state index is 3.64. The van der Waals surface area contributed by atoms with Crippen molar-refractivity contribution in [3.05, 3.63) is 0 Å². The quantitative estimate of drug-likeness (QED) is 0.727. The molecule has 2 aliphatic rings. The van der Waals surface area contributed by atoms with Crippen LogP contribution < -0.4 is 5.32 Å². The molecule has 1 atom stereocenters. The van der Waals surface area contributed by atoms with Crippen LogP contribution in [0.5, 0.6) is 0 Å². The lowest BCUT2D eigenvalue weighted by Gasteiger charge is -2.28. The Hall–Kier alpha value is -0.120. The van der Waals surface area contributed by atoms with Gasteiger partial charge in [-0.1, -0.05) is 13.8 Å². The highest BCUT2D eigenvalue weighted by molar-refractivity contribution is 4.78. The molecule has 0 spiro atoms. The molecule has 2 heterocycles. The maximum Gasteiger partial charge on any atom is 0.0195 e. The zero-order chi connectivity index (χ0) is 13.5. The number of rotatable bonds is 8. The fourth-order valence-electron chi connectivity index (χ4n) is 3.52. The maximum absolute atomic E-state index is 3.64. The van der Waals surface area contributed by atoms with Gasteiger partial charge in [-0.2, -0.15) is 0 Å². The molecule has 19 heavy (non-hydrogen) atoms. The van der Waals surface area contributed by atoms with Crippen molar-refractivity contribution in [2.45, 2.75) is 52.0 Å². The Labute approximate surface area is 119 Å². The van der Waals surface area contributed by atoms with Crippen LogP contribution in [0.3, 0.4) is 0 Å². The predicted molar refractivity (Wildman–Crippen MR) is 82.6 cm³/mol. The lowest BCUT2D eigenvalue weighted by molar-refractivity contribution is 0.208. The molecule has 3 heteroatoms. The molecule has 2 fully saturated rings. The largest absolute Gasteiger partial charge is 0.313 e. The van der Waals surface area contributed by atoms with Crippen LogP contribution in [0, 0.1) is 5.92 Å². The molecule has 0 aliphatic carbocycles. The average Bonchev–Trinajstić information content (AvgIpc) is 3.00. The Morgan fingerprint density at radius 1 is 1.21 bits per heavy atom. The van der Waals surface area contributed by atoms with Crippen LogP contribution in [0.2, 0.25) is 0 Å². The van der Waals surface area contributed by atoms with E-state index in [9.17, 15) is 0 Å². The topological polar surface area (TPSA) is 18.5 Å². The summed E-state index contributed by atoms with van der Waals surface area (Å²) in [6, 6.07) is 0.755. The zero-order valence-corrected chi connectivity index (χ0v) is 13.0. The Kier molecular flexibility index (Phi) is 6.62. The van der Waals surface area contributed by atoms with Crippen LogP contribution >= 0.6 is 0 Å². The van der Waals surface area contributed by atoms with Crippen molar-refractivity contribution in [1.29, 1.82) is 0 Å². The minimum absolute atomic E-state index is 0.755. The number of hydrogen-bond acceptors (Lipinski definition) is 3. The van der Waals surface area contributed by atoms with Crippen molar-refractivity contribution in [2.75, 3.05) is 45.8 Å². The van der Waals surface area contributed by atoms with E-state index in [1.165, 1.54) is 77.9 Å². The van der Waals surface area contributed by atoms with Gasteiger partial charge in [0, 0.05) is 19.1 Å². The summed E-state index contributed by atoms with van der Waals surface area (Å²) in [7, 11) is 0. The molecule has 0 amide bonds. The molecule has 1 N–H and O–H groups in total. The van der Waals surface area contributed by atoms with Gasteiger partial charge < -0.3 is 15.1 Å². The molecule has 3 nitrogen and oxygen atoms in total. The first-order valence-corrected chi connectivity index (χ1v) is 8.42. The van der Waals surface area contributed by atoms with Crippen molar-refractivity contribution < 1.29 is 0 Å². The highest BCUT2D eigenvalue weighted by Gasteiger charge is 2.18. The first-order valence-electron chi connectivity index (χ1n) is 8.42. The second-order valence-corrected chi connectivity index (χ2v) is 6.85. The summed E-state index contributed by atoms with van der Waals surface area (Å²) < 4.78 is 0. The first kappa shape index (κ1) is 15.3. The van der Waals surface area contributed by atoms with E-state index >= 15 is 0 Å². The molecule has 2 aliphatic heterocycles. The molecule has 0 aromatic rings. The van der Waals surface area contributed by atoms with Crippen molar-refractivity contribution in [1.82, 2.24) is 15.1 Å². The molecule has 0 saturated carbocycles. The van der Waals surface area contributed by atoms with E-state index < -0.39 is 0 Å². The van der Waals surface area contributed by atoms with Gasteiger partial charge in [0.25, 0.3) is 0 Å². The van der Waals surface area contributed by atoms with Gasteiger partial charge >= 0.3 is 0 Å². The zero-order valence-electron chi connectivity index (χ0n) is 13.0.